The van der Waals surface area contributed by atoms with Gasteiger partial charge in [0.05, 0.1) is 4.90 Å². The molecule has 0 N–H and O–H groups in total. The smallest absolute Gasteiger partial charge is 0.243 e. The van der Waals surface area contributed by atoms with Crippen molar-refractivity contribution in [2.45, 2.75) is 31.2 Å². The van der Waals surface area contributed by atoms with Crippen molar-refractivity contribution in [3.8, 4) is 0 Å². The van der Waals surface area contributed by atoms with Gasteiger partial charge < -0.3 is 4.90 Å². The lowest BCUT2D eigenvalue weighted by atomic mass is 10.3. The van der Waals surface area contributed by atoms with Gasteiger partial charge in [0.1, 0.15) is 0 Å². The summed E-state index contributed by atoms with van der Waals surface area (Å²) in [5.74, 6) is 0.0958. The standard InChI is InChI=1S/C17H20N2O3S2/c1-2-18(13-15-5-4-12-23-15)24(21,22)16-9-7-14(8-10-16)19-11-3-6-17(19)20/h4-5,7-10,12H,2-3,6,11,13H2,1H3. The topological polar surface area (TPSA) is 57.7 Å². The maximum absolute atomic E-state index is 12.8. The molecule has 24 heavy (non-hydrogen) atoms. The van der Waals surface area contributed by atoms with Crippen LogP contribution in [-0.4, -0.2) is 31.7 Å². The lowest BCUT2D eigenvalue weighted by Gasteiger charge is -2.21. The average molecular weight is 364 g/mol. The van der Waals surface area contributed by atoms with Crippen molar-refractivity contribution >= 4 is 33.0 Å². The van der Waals surface area contributed by atoms with Crippen LogP contribution in [0.5, 0.6) is 0 Å². The minimum Gasteiger partial charge on any atom is -0.312 e. The summed E-state index contributed by atoms with van der Waals surface area (Å²) in [5.41, 5.74) is 0.762. The Balaban J connectivity index is 1.82. The van der Waals surface area contributed by atoms with E-state index < -0.39 is 10.0 Å². The molecule has 1 amide bonds. The van der Waals surface area contributed by atoms with Crippen LogP contribution >= 0.6 is 11.3 Å². The molecule has 3 rings (SSSR count). The molecule has 128 valence electrons. The van der Waals surface area contributed by atoms with Crippen LogP contribution in [0, 0.1) is 0 Å². The Morgan fingerprint density at radius 1 is 1.21 bits per heavy atom. The molecule has 1 aliphatic heterocycles. The number of carbonyl (C=O) groups is 1. The normalized spacial score (nSPS) is 15.4. The van der Waals surface area contributed by atoms with Gasteiger partial charge in [-0.2, -0.15) is 4.31 Å². The number of nitrogens with zero attached hydrogens (tertiary/aromatic N) is 2. The SMILES string of the molecule is CCN(Cc1cccs1)S(=O)(=O)c1ccc(N2CCCC2=O)cc1. The van der Waals surface area contributed by atoms with Crippen molar-refractivity contribution in [3.05, 3.63) is 46.7 Å². The lowest BCUT2D eigenvalue weighted by molar-refractivity contribution is -0.117. The summed E-state index contributed by atoms with van der Waals surface area (Å²) >= 11 is 1.55. The summed E-state index contributed by atoms with van der Waals surface area (Å²) in [6.45, 7) is 3.32. The Morgan fingerprint density at radius 3 is 2.50 bits per heavy atom. The molecule has 0 aliphatic carbocycles. The number of carbonyl (C=O) groups excluding carboxylic acids is 1. The molecule has 0 atom stereocenters. The Kier molecular flexibility index (Phi) is 5.03. The molecule has 0 saturated carbocycles. The van der Waals surface area contributed by atoms with Crippen molar-refractivity contribution in [2.24, 2.45) is 0 Å². The highest BCUT2D eigenvalue weighted by atomic mass is 32.2. The third kappa shape index (κ3) is 3.38. The highest BCUT2D eigenvalue weighted by Gasteiger charge is 2.25. The van der Waals surface area contributed by atoms with E-state index in [-0.39, 0.29) is 10.8 Å². The van der Waals surface area contributed by atoms with E-state index in [4.69, 9.17) is 0 Å². The van der Waals surface area contributed by atoms with E-state index in [9.17, 15) is 13.2 Å². The van der Waals surface area contributed by atoms with Crippen molar-refractivity contribution in [1.82, 2.24) is 4.31 Å². The maximum Gasteiger partial charge on any atom is 0.243 e. The van der Waals surface area contributed by atoms with Crippen molar-refractivity contribution in [2.75, 3.05) is 18.0 Å². The molecule has 1 saturated heterocycles. The second-order valence-electron chi connectivity index (χ2n) is 5.65. The van der Waals surface area contributed by atoms with E-state index in [0.717, 1.165) is 17.0 Å². The summed E-state index contributed by atoms with van der Waals surface area (Å²) in [5, 5.41) is 1.94. The van der Waals surface area contributed by atoms with E-state index in [1.807, 2.05) is 24.4 Å². The van der Waals surface area contributed by atoms with E-state index in [1.165, 1.54) is 4.31 Å². The molecule has 1 fully saturated rings. The lowest BCUT2D eigenvalue weighted by Crippen LogP contribution is -2.30. The molecule has 5 nitrogen and oxygen atoms in total. The highest BCUT2D eigenvalue weighted by Crippen LogP contribution is 2.25. The predicted octanol–water partition coefficient (Wildman–Crippen LogP) is 3.09. The fraction of sp³-hybridized carbons (Fsp3) is 0.353. The number of thiophene rings is 1. The van der Waals surface area contributed by atoms with Gasteiger partial charge in [0.2, 0.25) is 15.9 Å². The van der Waals surface area contributed by atoms with Crippen molar-refractivity contribution < 1.29 is 13.2 Å². The first-order valence-corrected chi connectivity index (χ1v) is 10.3. The molecule has 0 radical (unpaired) electrons. The third-order valence-corrected chi connectivity index (χ3v) is 6.92. The maximum atomic E-state index is 12.8. The number of sulfonamides is 1. The number of anilines is 1. The first kappa shape index (κ1) is 17.1. The first-order chi connectivity index (χ1) is 11.5. The van der Waals surface area contributed by atoms with Crippen LogP contribution in [0.2, 0.25) is 0 Å². The van der Waals surface area contributed by atoms with Crippen LogP contribution < -0.4 is 4.90 Å². The quantitative estimate of drug-likeness (QED) is 0.791. The average Bonchev–Trinajstić information content (AvgIpc) is 3.24. The number of amides is 1. The van der Waals surface area contributed by atoms with E-state index in [1.54, 1.807) is 40.5 Å². The fourth-order valence-electron chi connectivity index (χ4n) is 2.81. The molecule has 0 spiro atoms. The zero-order valence-electron chi connectivity index (χ0n) is 13.5. The van der Waals surface area contributed by atoms with Crippen LogP contribution in [0.4, 0.5) is 5.69 Å². The number of hydrogen-bond acceptors (Lipinski definition) is 4. The Morgan fingerprint density at radius 2 is 1.96 bits per heavy atom. The van der Waals surface area contributed by atoms with Gasteiger partial charge in [-0.1, -0.05) is 13.0 Å². The molecule has 1 aromatic heterocycles. The second kappa shape index (κ2) is 7.04. The third-order valence-electron chi connectivity index (χ3n) is 4.12. The van der Waals surface area contributed by atoms with Gasteiger partial charge in [0.15, 0.2) is 0 Å². The van der Waals surface area contributed by atoms with Crippen LogP contribution in [-0.2, 0) is 21.4 Å². The summed E-state index contributed by atoms with van der Waals surface area (Å²) in [4.78, 5) is 14.8. The van der Waals surface area contributed by atoms with E-state index in [0.29, 0.717) is 26.1 Å². The van der Waals surface area contributed by atoms with E-state index in [2.05, 4.69) is 0 Å². The summed E-state index contributed by atoms with van der Waals surface area (Å²) in [7, 11) is -3.54. The molecule has 7 heteroatoms. The molecule has 1 aromatic carbocycles. The van der Waals surface area contributed by atoms with Gasteiger partial charge in [-0.05, 0) is 42.1 Å². The zero-order chi connectivity index (χ0) is 17.2. The molecule has 0 unspecified atom stereocenters. The highest BCUT2D eigenvalue weighted by molar-refractivity contribution is 7.89. The summed E-state index contributed by atoms with van der Waals surface area (Å²) in [6, 6.07) is 10.5. The van der Waals surface area contributed by atoms with E-state index >= 15 is 0 Å². The molecule has 1 aliphatic rings. The van der Waals surface area contributed by atoms with Crippen LogP contribution in [0.15, 0.2) is 46.7 Å². The number of rotatable bonds is 6. The minimum atomic E-state index is -3.54. The van der Waals surface area contributed by atoms with Gasteiger partial charge in [-0.15, -0.1) is 11.3 Å². The Bertz CT molecular complexity index is 799. The Hall–Kier alpha value is -1.70. The monoisotopic (exact) mass is 364 g/mol. The van der Waals surface area contributed by atoms with Gasteiger partial charge in [0.25, 0.3) is 0 Å². The zero-order valence-corrected chi connectivity index (χ0v) is 15.1. The van der Waals surface area contributed by atoms with Gasteiger partial charge >= 0.3 is 0 Å². The number of hydrogen-bond donors (Lipinski definition) is 0. The molecular formula is C17H20N2O3S2. The van der Waals surface area contributed by atoms with Crippen LogP contribution in [0.1, 0.15) is 24.6 Å². The second-order valence-corrected chi connectivity index (χ2v) is 8.62. The van der Waals surface area contributed by atoms with Crippen molar-refractivity contribution in [3.63, 3.8) is 0 Å². The Labute approximate surface area is 146 Å². The summed E-state index contributed by atoms with van der Waals surface area (Å²) in [6.07, 6.45) is 1.41. The van der Waals surface area contributed by atoms with Crippen molar-refractivity contribution in [1.29, 1.82) is 0 Å². The molecule has 2 aromatic rings. The van der Waals surface area contributed by atoms with Gasteiger partial charge in [-0.25, -0.2) is 8.42 Å². The predicted molar refractivity (Wildman–Crippen MR) is 95.6 cm³/mol. The van der Waals surface area contributed by atoms with Crippen LogP contribution in [0.3, 0.4) is 0 Å². The largest absolute Gasteiger partial charge is 0.312 e. The summed E-state index contributed by atoms with van der Waals surface area (Å²) < 4.78 is 27.1. The van der Waals surface area contributed by atoms with Gasteiger partial charge in [0, 0.05) is 36.6 Å². The van der Waals surface area contributed by atoms with Gasteiger partial charge in [-0.3, -0.25) is 4.79 Å². The number of benzene rings is 1. The van der Waals surface area contributed by atoms with Crippen LogP contribution in [0.25, 0.3) is 0 Å². The first-order valence-electron chi connectivity index (χ1n) is 7.95. The fourth-order valence-corrected chi connectivity index (χ4v) is 5.04. The minimum absolute atomic E-state index is 0.0958. The molecule has 0 bridgehead atoms. The molecular weight excluding hydrogens is 344 g/mol. The molecule has 2 heterocycles.